The zero-order valence-corrected chi connectivity index (χ0v) is 8.82. The zero-order chi connectivity index (χ0) is 7.98. The minimum Gasteiger partial charge on any atom is -0.301 e. The molecule has 0 aromatic heterocycles. The maximum Gasteiger partial charge on any atom is 0.00434 e. The second kappa shape index (κ2) is 6.17. The second-order valence-electron chi connectivity index (χ2n) is 2.76. The van der Waals surface area contributed by atoms with E-state index in [-0.39, 0.29) is 0 Å². The van der Waals surface area contributed by atoms with Gasteiger partial charge in [-0.15, -0.1) is 0 Å². The third-order valence-electron chi connectivity index (χ3n) is 1.72. The lowest BCUT2D eigenvalue weighted by Crippen LogP contribution is -2.31. The van der Waals surface area contributed by atoms with Gasteiger partial charge in [-0.25, -0.2) is 0 Å². The Morgan fingerprint density at radius 1 is 1.40 bits per heavy atom. The third-order valence-corrected chi connectivity index (χ3v) is 2.28. The fraction of sp³-hybridized carbons (Fsp3) is 1.00. The van der Waals surface area contributed by atoms with Gasteiger partial charge in [0.2, 0.25) is 0 Å². The average Bonchev–Trinajstić information content (AvgIpc) is 1.89. The molecule has 0 rings (SSSR count). The second-order valence-corrected chi connectivity index (χ2v) is 3.56. The van der Waals surface area contributed by atoms with E-state index in [0.29, 0.717) is 6.04 Å². The van der Waals surface area contributed by atoms with Crippen LogP contribution >= 0.6 is 15.9 Å². The van der Waals surface area contributed by atoms with Crippen LogP contribution in [0.1, 0.15) is 27.2 Å². The molecule has 0 unspecified atom stereocenters. The summed E-state index contributed by atoms with van der Waals surface area (Å²) in [6, 6.07) is 0.698. The van der Waals surface area contributed by atoms with Crippen LogP contribution in [-0.2, 0) is 0 Å². The number of hydrogen-bond acceptors (Lipinski definition) is 1. The van der Waals surface area contributed by atoms with Crippen molar-refractivity contribution in [1.82, 2.24) is 4.90 Å². The van der Waals surface area contributed by atoms with Crippen molar-refractivity contribution < 1.29 is 0 Å². The van der Waals surface area contributed by atoms with E-state index in [2.05, 4.69) is 41.6 Å². The summed E-state index contributed by atoms with van der Waals surface area (Å²) in [4.78, 5) is 2.47. The van der Waals surface area contributed by atoms with Crippen molar-refractivity contribution in [3.63, 3.8) is 0 Å². The van der Waals surface area contributed by atoms with E-state index in [1.54, 1.807) is 0 Å². The first kappa shape index (κ1) is 10.4. The number of halogens is 1. The molecule has 0 bridgehead atoms. The predicted octanol–water partition coefficient (Wildman–Crippen LogP) is 2.50. The van der Waals surface area contributed by atoms with Gasteiger partial charge in [0.1, 0.15) is 0 Å². The van der Waals surface area contributed by atoms with Crippen LogP contribution in [0.25, 0.3) is 0 Å². The first-order chi connectivity index (χ1) is 4.72. The summed E-state index contributed by atoms with van der Waals surface area (Å²) in [5.41, 5.74) is 0. The molecule has 0 N–H and O–H groups in total. The molecule has 0 aromatic rings. The maximum atomic E-state index is 3.43. The van der Waals surface area contributed by atoms with E-state index in [4.69, 9.17) is 0 Å². The van der Waals surface area contributed by atoms with Crippen LogP contribution in [0.15, 0.2) is 0 Å². The zero-order valence-electron chi connectivity index (χ0n) is 7.23. The molecule has 0 saturated carbocycles. The average molecular weight is 208 g/mol. The van der Waals surface area contributed by atoms with Crippen LogP contribution in [-0.4, -0.2) is 29.4 Å². The molecule has 0 fully saturated rings. The summed E-state index contributed by atoms with van der Waals surface area (Å²) < 4.78 is 0. The van der Waals surface area contributed by atoms with Crippen molar-refractivity contribution in [2.24, 2.45) is 0 Å². The van der Waals surface area contributed by atoms with Crippen molar-refractivity contribution in [2.75, 3.05) is 18.4 Å². The summed E-state index contributed by atoms with van der Waals surface area (Å²) in [6.45, 7) is 9.10. The Kier molecular flexibility index (Phi) is 6.44. The highest BCUT2D eigenvalue weighted by molar-refractivity contribution is 9.09. The summed E-state index contributed by atoms with van der Waals surface area (Å²) in [6.07, 6.45) is 1.26. The van der Waals surface area contributed by atoms with E-state index in [1.807, 2.05) is 0 Å². The molecule has 2 heteroatoms. The van der Waals surface area contributed by atoms with Gasteiger partial charge < -0.3 is 4.90 Å². The Morgan fingerprint density at radius 3 is 2.30 bits per heavy atom. The molecule has 0 saturated heterocycles. The monoisotopic (exact) mass is 207 g/mol. The normalized spacial score (nSPS) is 11.4. The number of alkyl halides is 1. The minimum atomic E-state index is 0.698. The highest BCUT2D eigenvalue weighted by Crippen LogP contribution is 1.99. The Balaban J connectivity index is 3.40. The number of hydrogen-bond donors (Lipinski definition) is 0. The molecule has 0 spiro atoms. The molecular weight excluding hydrogens is 190 g/mol. The summed E-state index contributed by atoms with van der Waals surface area (Å²) >= 11 is 3.43. The third kappa shape index (κ3) is 4.29. The lowest BCUT2D eigenvalue weighted by molar-refractivity contribution is 0.235. The highest BCUT2D eigenvalue weighted by atomic mass is 79.9. The predicted molar refractivity (Wildman–Crippen MR) is 50.8 cm³/mol. The molecule has 0 amide bonds. The standard InChI is InChI=1S/C8H18BrN/c1-4-10(8(2)3)7-5-6-9/h8H,4-7H2,1-3H3. The molecule has 10 heavy (non-hydrogen) atoms. The SMILES string of the molecule is CCN(CCCBr)C(C)C. The summed E-state index contributed by atoms with van der Waals surface area (Å²) in [5, 5.41) is 1.12. The van der Waals surface area contributed by atoms with Gasteiger partial charge in [0.25, 0.3) is 0 Å². The Labute approximate surface area is 72.9 Å². The van der Waals surface area contributed by atoms with Gasteiger partial charge in [-0.05, 0) is 33.4 Å². The van der Waals surface area contributed by atoms with Crippen molar-refractivity contribution in [3.8, 4) is 0 Å². The van der Waals surface area contributed by atoms with E-state index >= 15 is 0 Å². The molecule has 0 radical (unpaired) electrons. The van der Waals surface area contributed by atoms with Gasteiger partial charge >= 0.3 is 0 Å². The van der Waals surface area contributed by atoms with Gasteiger partial charge in [-0.3, -0.25) is 0 Å². The smallest absolute Gasteiger partial charge is 0.00434 e. The van der Waals surface area contributed by atoms with E-state index in [9.17, 15) is 0 Å². The van der Waals surface area contributed by atoms with Crippen LogP contribution in [0.4, 0.5) is 0 Å². The van der Waals surface area contributed by atoms with Crippen molar-refractivity contribution >= 4 is 15.9 Å². The number of nitrogens with zero attached hydrogens (tertiary/aromatic N) is 1. The van der Waals surface area contributed by atoms with Crippen LogP contribution < -0.4 is 0 Å². The lowest BCUT2D eigenvalue weighted by Gasteiger charge is -2.23. The Morgan fingerprint density at radius 2 is 2.00 bits per heavy atom. The maximum absolute atomic E-state index is 3.43. The molecule has 1 nitrogen and oxygen atoms in total. The fourth-order valence-electron chi connectivity index (χ4n) is 1.04. The van der Waals surface area contributed by atoms with Gasteiger partial charge in [-0.2, -0.15) is 0 Å². The molecule has 0 aliphatic rings. The Hall–Kier alpha value is 0.440. The molecule has 0 heterocycles. The molecule has 62 valence electrons. The van der Waals surface area contributed by atoms with Crippen LogP contribution in [0.2, 0.25) is 0 Å². The van der Waals surface area contributed by atoms with Gasteiger partial charge in [0.15, 0.2) is 0 Å². The van der Waals surface area contributed by atoms with E-state index < -0.39 is 0 Å². The van der Waals surface area contributed by atoms with Crippen LogP contribution in [0, 0.1) is 0 Å². The summed E-state index contributed by atoms with van der Waals surface area (Å²) in [7, 11) is 0. The topological polar surface area (TPSA) is 3.24 Å². The quantitative estimate of drug-likeness (QED) is 0.627. The molecule has 0 aliphatic carbocycles. The van der Waals surface area contributed by atoms with Crippen molar-refractivity contribution in [3.05, 3.63) is 0 Å². The first-order valence-corrected chi connectivity index (χ1v) is 5.14. The van der Waals surface area contributed by atoms with Crippen molar-refractivity contribution in [1.29, 1.82) is 0 Å². The highest BCUT2D eigenvalue weighted by Gasteiger charge is 2.04. The minimum absolute atomic E-state index is 0.698. The Bertz CT molecular complexity index is 73.7. The van der Waals surface area contributed by atoms with Gasteiger partial charge in [0, 0.05) is 11.4 Å². The first-order valence-electron chi connectivity index (χ1n) is 4.02. The van der Waals surface area contributed by atoms with Crippen LogP contribution in [0.5, 0.6) is 0 Å². The van der Waals surface area contributed by atoms with Crippen molar-refractivity contribution in [2.45, 2.75) is 33.2 Å². The van der Waals surface area contributed by atoms with E-state index in [0.717, 1.165) is 5.33 Å². The molecule has 0 aliphatic heterocycles. The van der Waals surface area contributed by atoms with E-state index in [1.165, 1.54) is 19.5 Å². The molecule has 0 aromatic carbocycles. The van der Waals surface area contributed by atoms with Gasteiger partial charge in [-0.1, -0.05) is 22.9 Å². The molecular formula is C8H18BrN. The molecule has 0 atom stereocenters. The largest absolute Gasteiger partial charge is 0.301 e. The number of rotatable bonds is 5. The van der Waals surface area contributed by atoms with Gasteiger partial charge in [0.05, 0.1) is 0 Å². The fourth-order valence-corrected chi connectivity index (χ4v) is 1.30. The summed E-state index contributed by atoms with van der Waals surface area (Å²) in [5.74, 6) is 0. The lowest BCUT2D eigenvalue weighted by atomic mass is 10.3. The van der Waals surface area contributed by atoms with Crippen LogP contribution in [0.3, 0.4) is 0 Å².